The van der Waals surface area contributed by atoms with E-state index in [0.29, 0.717) is 60.0 Å². The summed E-state index contributed by atoms with van der Waals surface area (Å²) in [4.78, 5) is 32.4. The predicted octanol–water partition coefficient (Wildman–Crippen LogP) is 3.74. The van der Waals surface area contributed by atoms with E-state index >= 15 is 0 Å². The van der Waals surface area contributed by atoms with Crippen LogP contribution < -0.4 is 15.6 Å². The van der Waals surface area contributed by atoms with E-state index in [0.717, 1.165) is 42.1 Å². The van der Waals surface area contributed by atoms with E-state index in [1.54, 1.807) is 9.47 Å². The van der Waals surface area contributed by atoms with Crippen molar-refractivity contribution in [1.29, 1.82) is 0 Å². The standard InChI is InChI=1S/C29H29ClN6O4/c1-17-32-25-12-23(26-11-20-14-31-7-9-36(20)33-26)27(40-22-6-8-34-21(10-22)16-39-29(34)38)13-24(25)28(37)35(17)15-18-2-4-19(30)5-3-18/h2-5,11-13,21-22,31H,6-10,14-16H2,1H3/t21-,22-/m0/s1. The van der Waals surface area contributed by atoms with Crippen LogP contribution in [0.3, 0.4) is 0 Å². The molecule has 0 aliphatic carbocycles. The van der Waals surface area contributed by atoms with Crippen LogP contribution in [0.2, 0.25) is 5.02 Å². The molecule has 2 fully saturated rings. The van der Waals surface area contributed by atoms with Crippen LogP contribution in [-0.2, 0) is 24.4 Å². The lowest BCUT2D eigenvalue weighted by Crippen LogP contribution is -2.44. The van der Waals surface area contributed by atoms with E-state index in [-0.39, 0.29) is 23.8 Å². The third-order valence-corrected chi connectivity index (χ3v) is 8.29. The van der Waals surface area contributed by atoms with Gasteiger partial charge in [-0.05, 0) is 42.8 Å². The maximum Gasteiger partial charge on any atom is 0.410 e. The van der Waals surface area contributed by atoms with Gasteiger partial charge >= 0.3 is 6.09 Å². The molecule has 40 heavy (non-hydrogen) atoms. The Balaban J connectivity index is 1.30. The zero-order chi connectivity index (χ0) is 27.4. The number of hydrogen-bond acceptors (Lipinski definition) is 7. The topological polar surface area (TPSA) is 104 Å². The molecule has 2 atom stereocenters. The van der Waals surface area contributed by atoms with Gasteiger partial charge in [-0.25, -0.2) is 9.78 Å². The summed E-state index contributed by atoms with van der Waals surface area (Å²) in [5, 5.41) is 9.39. The Bertz CT molecular complexity index is 1660. The van der Waals surface area contributed by atoms with Crippen molar-refractivity contribution < 1.29 is 14.3 Å². The number of carbonyl (C=O) groups excluding carboxylic acids is 1. The number of carbonyl (C=O) groups is 1. The van der Waals surface area contributed by atoms with Gasteiger partial charge in [0.25, 0.3) is 5.56 Å². The Hall–Kier alpha value is -3.89. The number of nitrogens with zero attached hydrogens (tertiary/aromatic N) is 5. The Morgan fingerprint density at radius 2 is 2.00 bits per heavy atom. The number of piperidine rings is 1. The minimum absolute atomic E-state index is 0.00192. The van der Waals surface area contributed by atoms with Crippen LogP contribution in [0.4, 0.5) is 4.79 Å². The molecule has 0 radical (unpaired) electrons. The Labute approximate surface area is 235 Å². The summed E-state index contributed by atoms with van der Waals surface area (Å²) < 4.78 is 15.6. The average Bonchev–Trinajstić information content (AvgIpc) is 3.55. The molecular formula is C29H29ClN6O4. The van der Waals surface area contributed by atoms with Gasteiger partial charge in [-0.1, -0.05) is 23.7 Å². The summed E-state index contributed by atoms with van der Waals surface area (Å²) in [5.74, 6) is 1.22. The van der Waals surface area contributed by atoms with Gasteiger partial charge in [-0.15, -0.1) is 0 Å². The van der Waals surface area contributed by atoms with Gasteiger partial charge in [0, 0.05) is 43.1 Å². The first-order valence-electron chi connectivity index (χ1n) is 13.6. The number of nitrogens with one attached hydrogen (secondary N) is 1. The van der Waals surface area contributed by atoms with Gasteiger partial charge in [0.05, 0.1) is 41.4 Å². The molecule has 5 heterocycles. The fourth-order valence-corrected chi connectivity index (χ4v) is 6.02. The van der Waals surface area contributed by atoms with E-state index < -0.39 is 0 Å². The molecule has 0 unspecified atom stereocenters. The summed E-state index contributed by atoms with van der Waals surface area (Å²) in [6.07, 6.45) is 0.967. The maximum absolute atomic E-state index is 13.8. The van der Waals surface area contributed by atoms with Gasteiger partial charge in [-0.3, -0.25) is 14.0 Å². The number of amides is 1. The van der Waals surface area contributed by atoms with Crippen molar-refractivity contribution in [1.82, 2.24) is 29.5 Å². The van der Waals surface area contributed by atoms with E-state index in [4.69, 9.17) is 31.2 Å². The van der Waals surface area contributed by atoms with E-state index in [2.05, 4.69) is 11.4 Å². The van der Waals surface area contributed by atoms with Crippen LogP contribution in [0.15, 0.2) is 47.3 Å². The van der Waals surface area contributed by atoms with Gasteiger partial charge in [-0.2, -0.15) is 5.10 Å². The number of ether oxygens (including phenoxy) is 2. The molecule has 0 saturated carbocycles. The molecule has 0 bridgehead atoms. The fourth-order valence-electron chi connectivity index (χ4n) is 5.89. The predicted molar refractivity (Wildman–Crippen MR) is 150 cm³/mol. The number of cyclic esters (lactones) is 1. The minimum Gasteiger partial charge on any atom is -0.490 e. The number of hydrogen-bond donors (Lipinski definition) is 1. The highest BCUT2D eigenvalue weighted by Crippen LogP contribution is 2.36. The van der Waals surface area contributed by atoms with Crippen LogP contribution in [0.5, 0.6) is 5.75 Å². The Morgan fingerprint density at radius 1 is 1.15 bits per heavy atom. The van der Waals surface area contributed by atoms with Crippen molar-refractivity contribution in [2.24, 2.45) is 0 Å². The monoisotopic (exact) mass is 560 g/mol. The van der Waals surface area contributed by atoms with Crippen molar-refractivity contribution >= 4 is 28.6 Å². The zero-order valence-electron chi connectivity index (χ0n) is 22.1. The van der Waals surface area contributed by atoms with Crippen molar-refractivity contribution in [2.45, 2.75) is 51.5 Å². The number of aromatic nitrogens is 4. The largest absolute Gasteiger partial charge is 0.490 e. The summed E-state index contributed by atoms with van der Waals surface area (Å²) in [7, 11) is 0. The van der Waals surface area contributed by atoms with Gasteiger partial charge in [0.1, 0.15) is 24.3 Å². The number of fused-ring (bicyclic) bond motifs is 3. The maximum atomic E-state index is 13.8. The van der Waals surface area contributed by atoms with Crippen molar-refractivity contribution in [3.8, 4) is 17.0 Å². The highest BCUT2D eigenvalue weighted by atomic mass is 35.5. The Kier molecular flexibility index (Phi) is 6.24. The lowest BCUT2D eigenvalue weighted by Gasteiger charge is -2.33. The minimum atomic E-state index is -0.255. The third-order valence-electron chi connectivity index (χ3n) is 8.04. The van der Waals surface area contributed by atoms with Crippen LogP contribution in [0.1, 0.15) is 29.9 Å². The van der Waals surface area contributed by atoms with E-state index in [1.165, 1.54) is 0 Å². The van der Waals surface area contributed by atoms with E-state index in [9.17, 15) is 9.59 Å². The zero-order valence-corrected chi connectivity index (χ0v) is 22.9. The van der Waals surface area contributed by atoms with Crippen molar-refractivity contribution in [3.05, 3.63) is 74.9 Å². The van der Waals surface area contributed by atoms with Crippen LogP contribution >= 0.6 is 11.6 Å². The molecule has 3 aliphatic rings. The number of halogens is 1. The lowest BCUT2D eigenvalue weighted by molar-refractivity contribution is 0.0941. The number of aryl methyl sites for hydroxylation is 1. The first kappa shape index (κ1) is 25.1. The molecule has 10 nitrogen and oxygen atoms in total. The first-order chi connectivity index (χ1) is 19.4. The molecular weight excluding hydrogens is 532 g/mol. The molecule has 4 aromatic rings. The van der Waals surface area contributed by atoms with Crippen molar-refractivity contribution in [3.63, 3.8) is 0 Å². The summed E-state index contributed by atoms with van der Waals surface area (Å²) in [5.41, 5.74) is 4.12. The molecule has 2 saturated heterocycles. The van der Waals surface area contributed by atoms with Crippen LogP contribution in [-0.4, -0.2) is 62.2 Å². The molecule has 1 N–H and O–H groups in total. The SMILES string of the molecule is Cc1nc2cc(-c3cc4n(n3)CCNC4)c(O[C@H]3CCN4C(=O)OC[C@@H]4C3)cc2c(=O)n1Cc1ccc(Cl)cc1. The first-order valence-corrected chi connectivity index (χ1v) is 14.0. The highest BCUT2D eigenvalue weighted by Gasteiger charge is 2.39. The number of rotatable bonds is 5. The van der Waals surface area contributed by atoms with E-state index in [1.807, 2.05) is 48.0 Å². The summed E-state index contributed by atoms with van der Waals surface area (Å²) >= 11 is 6.06. The Morgan fingerprint density at radius 3 is 2.83 bits per heavy atom. The molecule has 2 aromatic heterocycles. The third kappa shape index (κ3) is 4.50. The van der Waals surface area contributed by atoms with Gasteiger partial charge < -0.3 is 19.7 Å². The fraction of sp³-hybridized carbons (Fsp3) is 0.379. The second-order valence-electron chi connectivity index (χ2n) is 10.7. The van der Waals surface area contributed by atoms with Crippen LogP contribution in [0.25, 0.3) is 22.2 Å². The smallest absolute Gasteiger partial charge is 0.410 e. The number of benzene rings is 2. The molecule has 3 aliphatic heterocycles. The molecule has 1 amide bonds. The summed E-state index contributed by atoms with van der Waals surface area (Å²) in [6, 6.07) is 13.3. The lowest BCUT2D eigenvalue weighted by atomic mass is 10.0. The van der Waals surface area contributed by atoms with Crippen molar-refractivity contribution in [2.75, 3.05) is 19.7 Å². The average molecular weight is 561 g/mol. The summed E-state index contributed by atoms with van der Waals surface area (Å²) in [6.45, 7) is 5.60. The quantitative estimate of drug-likeness (QED) is 0.396. The second-order valence-corrected chi connectivity index (χ2v) is 11.1. The van der Waals surface area contributed by atoms with Gasteiger partial charge in [0.2, 0.25) is 0 Å². The molecule has 206 valence electrons. The van der Waals surface area contributed by atoms with Gasteiger partial charge in [0.15, 0.2) is 0 Å². The highest BCUT2D eigenvalue weighted by molar-refractivity contribution is 6.30. The second kappa shape index (κ2) is 9.94. The molecule has 11 heteroatoms. The molecule has 0 spiro atoms. The normalized spacial score (nSPS) is 20.4. The molecule has 7 rings (SSSR count). The molecule has 2 aromatic carbocycles. The van der Waals surface area contributed by atoms with Crippen LogP contribution in [0, 0.1) is 6.92 Å².